The molecular formula is C5H10O. The molecular weight excluding hydrogens is 76.1 g/mol. The minimum absolute atomic E-state index is 0.404. The highest BCUT2D eigenvalue weighted by molar-refractivity contribution is 4.80. The van der Waals surface area contributed by atoms with Gasteiger partial charge in [0.05, 0.1) is 0 Å². The van der Waals surface area contributed by atoms with E-state index in [2.05, 4.69) is 6.92 Å². The van der Waals surface area contributed by atoms with Gasteiger partial charge in [-0.2, -0.15) is 0 Å². The summed E-state index contributed by atoms with van der Waals surface area (Å²) in [6.45, 7) is 2.57. The highest BCUT2D eigenvalue weighted by atomic mass is 16.3. The molecule has 1 fully saturated rings. The second-order valence-corrected chi connectivity index (χ2v) is 2.16. The lowest BCUT2D eigenvalue weighted by Gasteiger charge is -1.79. The first kappa shape index (κ1) is 4.13. The molecule has 0 bridgehead atoms. The smallest absolute Gasteiger partial charge is 0.0461 e. The number of hydrogen-bond donors (Lipinski definition) is 1. The standard InChI is InChI=1S/C5H10O/c1-4-2-5(4)3-6/h4-6H,2-3H2,1H3/t4-,5+/m1/s1. The van der Waals surface area contributed by atoms with Gasteiger partial charge in [0.2, 0.25) is 0 Å². The maximum atomic E-state index is 8.38. The third-order valence-corrected chi connectivity index (χ3v) is 1.51. The molecule has 0 aromatic heterocycles. The van der Waals surface area contributed by atoms with E-state index in [1.165, 1.54) is 6.42 Å². The Hall–Kier alpha value is -0.0400. The van der Waals surface area contributed by atoms with E-state index in [1.54, 1.807) is 0 Å². The summed E-state index contributed by atoms with van der Waals surface area (Å²) in [5, 5.41) is 8.38. The molecule has 0 amide bonds. The van der Waals surface area contributed by atoms with Crippen molar-refractivity contribution >= 4 is 0 Å². The average Bonchev–Trinajstić information content (AvgIpc) is 2.19. The summed E-state index contributed by atoms with van der Waals surface area (Å²) >= 11 is 0. The van der Waals surface area contributed by atoms with Crippen LogP contribution in [0.5, 0.6) is 0 Å². The van der Waals surface area contributed by atoms with Crippen molar-refractivity contribution in [3.05, 3.63) is 0 Å². The first-order valence-corrected chi connectivity index (χ1v) is 2.45. The first-order chi connectivity index (χ1) is 2.84. The Labute approximate surface area is 38.0 Å². The van der Waals surface area contributed by atoms with E-state index in [-0.39, 0.29) is 0 Å². The Balaban J connectivity index is 2.09. The predicted molar refractivity (Wildman–Crippen MR) is 24.4 cm³/mol. The zero-order chi connectivity index (χ0) is 4.57. The van der Waals surface area contributed by atoms with E-state index < -0.39 is 0 Å². The molecule has 6 heavy (non-hydrogen) atoms. The first-order valence-electron chi connectivity index (χ1n) is 2.45. The third-order valence-electron chi connectivity index (χ3n) is 1.51. The van der Waals surface area contributed by atoms with Crippen molar-refractivity contribution in [3.63, 3.8) is 0 Å². The molecule has 0 radical (unpaired) electrons. The molecule has 1 nitrogen and oxygen atoms in total. The highest BCUT2D eigenvalue weighted by Gasteiger charge is 2.30. The summed E-state index contributed by atoms with van der Waals surface area (Å²) in [5.41, 5.74) is 0. The van der Waals surface area contributed by atoms with E-state index in [4.69, 9.17) is 5.11 Å². The van der Waals surface area contributed by atoms with Crippen molar-refractivity contribution < 1.29 is 5.11 Å². The van der Waals surface area contributed by atoms with Crippen LogP contribution in [0, 0.1) is 11.8 Å². The molecule has 1 N–H and O–H groups in total. The number of rotatable bonds is 1. The summed E-state index contributed by atoms with van der Waals surface area (Å²) in [6, 6.07) is 0. The van der Waals surface area contributed by atoms with Crippen LogP contribution in [-0.4, -0.2) is 11.7 Å². The lowest BCUT2D eigenvalue weighted by atomic mass is 10.4. The van der Waals surface area contributed by atoms with Gasteiger partial charge in [-0.1, -0.05) is 6.92 Å². The lowest BCUT2D eigenvalue weighted by Crippen LogP contribution is -1.83. The fraction of sp³-hybridized carbons (Fsp3) is 1.00. The van der Waals surface area contributed by atoms with Gasteiger partial charge < -0.3 is 5.11 Å². The van der Waals surface area contributed by atoms with Gasteiger partial charge in [0.1, 0.15) is 0 Å². The van der Waals surface area contributed by atoms with Crippen molar-refractivity contribution in [2.24, 2.45) is 11.8 Å². The average molecular weight is 86.1 g/mol. The summed E-state index contributed by atoms with van der Waals surface area (Å²) < 4.78 is 0. The van der Waals surface area contributed by atoms with Crippen LogP contribution in [0.4, 0.5) is 0 Å². The Kier molecular flexibility index (Phi) is 0.845. The molecule has 0 heterocycles. The van der Waals surface area contributed by atoms with Gasteiger partial charge in [0, 0.05) is 6.61 Å². The molecule has 1 rings (SSSR count). The summed E-state index contributed by atoms with van der Waals surface area (Å²) in [5.74, 6) is 1.47. The molecule has 1 aliphatic carbocycles. The van der Waals surface area contributed by atoms with E-state index in [1.807, 2.05) is 0 Å². The van der Waals surface area contributed by atoms with Gasteiger partial charge in [-0.05, 0) is 18.3 Å². The quantitative estimate of drug-likeness (QED) is 0.496. The Morgan fingerprint density at radius 2 is 2.33 bits per heavy atom. The van der Waals surface area contributed by atoms with E-state index in [9.17, 15) is 0 Å². The molecule has 2 atom stereocenters. The van der Waals surface area contributed by atoms with Gasteiger partial charge in [0.25, 0.3) is 0 Å². The molecule has 1 heteroatoms. The van der Waals surface area contributed by atoms with Crippen molar-refractivity contribution in [3.8, 4) is 0 Å². The van der Waals surface area contributed by atoms with Crippen molar-refractivity contribution in [2.45, 2.75) is 13.3 Å². The minimum Gasteiger partial charge on any atom is -0.396 e. The van der Waals surface area contributed by atoms with Crippen molar-refractivity contribution in [2.75, 3.05) is 6.61 Å². The van der Waals surface area contributed by atoms with Crippen LogP contribution in [0.1, 0.15) is 13.3 Å². The van der Waals surface area contributed by atoms with Gasteiger partial charge in [0.15, 0.2) is 0 Å². The normalized spacial score (nSPS) is 43.0. The molecule has 0 spiro atoms. The fourth-order valence-electron chi connectivity index (χ4n) is 0.653. The highest BCUT2D eigenvalue weighted by Crippen LogP contribution is 2.36. The summed E-state index contributed by atoms with van der Waals surface area (Å²) in [4.78, 5) is 0. The molecule has 1 saturated carbocycles. The second-order valence-electron chi connectivity index (χ2n) is 2.16. The van der Waals surface area contributed by atoms with Crippen LogP contribution in [0.2, 0.25) is 0 Å². The lowest BCUT2D eigenvalue weighted by molar-refractivity contribution is 0.270. The number of aliphatic hydroxyl groups is 1. The van der Waals surface area contributed by atoms with Crippen LogP contribution < -0.4 is 0 Å². The van der Waals surface area contributed by atoms with E-state index >= 15 is 0 Å². The third kappa shape index (κ3) is 0.548. The van der Waals surface area contributed by atoms with Gasteiger partial charge in [-0.25, -0.2) is 0 Å². The van der Waals surface area contributed by atoms with Crippen LogP contribution in [-0.2, 0) is 0 Å². The van der Waals surface area contributed by atoms with Crippen molar-refractivity contribution in [1.82, 2.24) is 0 Å². The fourth-order valence-corrected chi connectivity index (χ4v) is 0.653. The van der Waals surface area contributed by atoms with E-state index in [0.29, 0.717) is 12.5 Å². The van der Waals surface area contributed by atoms with Gasteiger partial charge in [-0.15, -0.1) is 0 Å². The maximum Gasteiger partial charge on any atom is 0.0461 e. The molecule has 0 aromatic rings. The van der Waals surface area contributed by atoms with Crippen LogP contribution in [0.15, 0.2) is 0 Å². The molecule has 0 aliphatic heterocycles. The Morgan fingerprint density at radius 3 is 2.33 bits per heavy atom. The Bertz CT molecular complexity index is 49.9. The minimum atomic E-state index is 0.404. The topological polar surface area (TPSA) is 20.2 Å². The SMILES string of the molecule is C[C@@H]1C[C@H]1CO. The monoisotopic (exact) mass is 86.1 g/mol. The zero-order valence-electron chi connectivity index (χ0n) is 4.02. The molecule has 0 saturated heterocycles. The second kappa shape index (κ2) is 1.23. The maximum absolute atomic E-state index is 8.38. The molecule has 1 aliphatic rings. The Morgan fingerprint density at radius 1 is 1.83 bits per heavy atom. The van der Waals surface area contributed by atoms with Crippen molar-refractivity contribution in [1.29, 1.82) is 0 Å². The summed E-state index contributed by atoms with van der Waals surface area (Å²) in [7, 11) is 0. The van der Waals surface area contributed by atoms with Crippen LogP contribution in [0.25, 0.3) is 0 Å². The largest absolute Gasteiger partial charge is 0.396 e. The van der Waals surface area contributed by atoms with Crippen LogP contribution in [0.3, 0.4) is 0 Å². The van der Waals surface area contributed by atoms with E-state index in [0.717, 1.165) is 5.92 Å². The van der Waals surface area contributed by atoms with Gasteiger partial charge in [-0.3, -0.25) is 0 Å². The number of hydrogen-bond acceptors (Lipinski definition) is 1. The molecule has 0 aromatic carbocycles. The zero-order valence-corrected chi connectivity index (χ0v) is 4.02. The van der Waals surface area contributed by atoms with Gasteiger partial charge >= 0.3 is 0 Å². The number of aliphatic hydroxyl groups excluding tert-OH is 1. The molecule has 0 unspecified atom stereocenters. The summed E-state index contributed by atoms with van der Waals surface area (Å²) in [6.07, 6.45) is 1.25. The predicted octanol–water partition coefficient (Wildman–Crippen LogP) is 0.635. The molecule has 36 valence electrons. The van der Waals surface area contributed by atoms with Crippen LogP contribution >= 0.6 is 0 Å².